The Kier molecular flexibility index (Phi) is 4.16. The lowest BCUT2D eigenvalue weighted by Crippen LogP contribution is -2.37. The number of rotatable bonds is 3. The first-order chi connectivity index (χ1) is 9.11. The van der Waals surface area contributed by atoms with Crippen LogP contribution in [0, 0.1) is 0 Å². The van der Waals surface area contributed by atoms with Crippen LogP contribution in [0.4, 0.5) is 4.79 Å². The first kappa shape index (κ1) is 13.5. The smallest absolute Gasteiger partial charge is 0.339 e. The number of aromatic nitrogens is 1. The summed E-state index contributed by atoms with van der Waals surface area (Å²) in [6.45, 7) is 0.131. The summed E-state index contributed by atoms with van der Waals surface area (Å²) in [5, 5.41) is -0.255. The van der Waals surface area contributed by atoms with Gasteiger partial charge >= 0.3 is 5.97 Å². The summed E-state index contributed by atoms with van der Waals surface area (Å²) in [5.74, 6) is -0.134. The minimum absolute atomic E-state index is 0.131. The van der Waals surface area contributed by atoms with Gasteiger partial charge in [0.15, 0.2) is 0 Å². The summed E-state index contributed by atoms with van der Waals surface area (Å²) in [4.78, 5) is 39.7. The summed E-state index contributed by atoms with van der Waals surface area (Å²) >= 11 is 1.13. The Labute approximate surface area is 114 Å². The molecule has 100 valence electrons. The predicted octanol–water partition coefficient (Wildman–Crippen LogP) is 1.45. The monoisotopic (exact) mass is 280 g/mol. The number of carbonyl (C=O) groups is 3. The van der Waals surface area contributed by atoms with Crippen LogP contribution < -0.4 is 0 Å². The number of nitrogens with zero attached hydrogens (tertiary/aromatic N) is 2. The van der Waals surface area contributed by atoms with Crippen LogP contribution in [0.3, 0.4) is 0 Å². The molecule has 2 amide bonds. The number of esters is 1. The molecular weight excluding hydrogens is 268 g/mol. The largest absolute Gasteiger partial charge is 0.465 e. The first-order valence-electron chi connectivity index (χ1n) is 5.62. The Bertz CT molecular complexity index is 499. The molecule has 0 saturated carbocycles. The molecule has 0 unspecified atom stereocenters. The van der Waals surface area contributed by atoms with E-state index in [9.17, 15) is 14.4 Å². The molecule has 7 heteroatoms. The number of carbonyl (C=O) groups excluding carboxylic acids is 3. The van der Waals surface area contributed by atoms with Gasteiger partial charge in [0, 0.05) is 18.4 Å². The van der Waals surface area contributed by atoms with Crippen LogP contribution in [-0.2, 0) is 16.1 Å². The molecule has 0 spiro atoms. The van der Waals surface area contributed by atoms with Gasteiger partial charge in [0.2, 0.25) is 5.91 Å². The Hall–Kier alpha value is -1.89. The lowest BCUT2D eigenvalue weighted by atomic mass is 10.2. The zero-order valence-electron chi connectivity index (χ0n) is 10.3. The van der Waals surface area contributed by atoms with Crippen molar-refractivity contribution >= 4 is 28.9 Å². The van der Waals surface area contributed by atoms with E-state index >= 15 is 0 Å². The molecule has 0 bridgehead atoms. The van der Waals surface area contributed by atoms with E-state index in [4.69, 9.17) is 0 Å². The van der Waals surface area contributed by atoms with Crippen LogP contribution in [0.2, 0.25) is 0 Å². The van der Waals surface area contributed by atoms with Crippen molar-refractivity contribution in [2.45, 2.75) is 13.0 Å². The van der Waals surface area contributed by atoms with Crippen LogP contribution >= 0.6 is 11.8 Å². The Morgan fingerprint density at radius 2 is 2.26 bits per heavy atom. The topological polar surface area (TPSA) is 76.6 Å². The summed E-state index contributed by atoms with van der Waals surface area (Å²) in [6.07, 6.45) is 1.73. The molecule has 1 aliphatic rings. The lowest BCUT2D eigenvalue weighted by Gasteiger charge is -2.23. The number of hydrogen-bond donors (Lipinski definition) is 0. The Morgan fingerprint density at radius 3 is 2.84 bits per heavy atom. The molecule has 0 atom stereocenters. The van der Waals surface area contributed by atoms with Crippen molar-refractivity contribution in [1.29, 1.82) is 0 Å². The average Bonchev–Trinajstić information content (AvgIpc) is 2.43. The summed E-state index contributed by atoms with van der Waals surface area (Å²) < 4.78 is 4.56. The van der Waals surface area contributed by atoms with E-state index in [1.54, 1.807) is 12.1 Å². The van der Waals surface area contributed by atoms with E-state index in [1.165, 1.54) is 18.2 Å². The highest BCUT2D eigenvalue weighted by molar-refractivity contribution is 8.13. The van der Waals surface area contributed by atoms with Crippen LogP contribution in [0.25, 0.3) is 0 Å². The van der Waals surface area contributed by atoms with Gasteiger partial charge in [-0.15, -0.1) is 0 Å². The van der Waals surface area contributed by atoms with Crippen LogP contribution in [0.1, 0.15) is 22.5 Å². The van der Waals surface area contributed by atoms with Crippen molar-refractivity contribution in [1.82, 2.24) is 9.88 Å². The maximum atomic E-state index is 11.6. The van der Waals surface area contributed by atoms with Gasteiger partial charge in [-0.1, -0.05) is 11.8 Å². The van der Waals surface area contributed by atoms with Crippen molar-refractivity contribution in [2.75, 3.05) is 12.9 Å². The first-order valence-corrected chi connectivity index (χ1v) is 6.60. The van der Waals surface area contributed by atoms with Gasteiger partial charge < -0.3 is 4.74 Å². The van der Waals surface area contributed by atoms with Gasteiger partial charge in [-0.3, -0.25) is 19.5 Å². The molecule has 0 aliphatic carbocycles. The fourth-order valence-electron chi connectivity index (χ4n) is 1.61. The highest BCUT2D eigenvalue weighted by Gasteiger charge is 2.26. The standard InChI is InChI=1S/C12H12N2O4S/c1-18-11(16)8-2-3-9(13-6-8)7-14-10(15)4-5-19-12(14)17/h2-3,6H,4-5,7H2,1H3. The van der Waals surface area contributed by atoms with Crippen LogP contribution in [0.5, 0.6) is 0 Å². The van der Waals surface area contributed by atoms with Gasteiger partial charge in [-0.2, -0.15) is 0 Å². The summed E-state index contributed by atoms with van der Waals surface area (Å²) in [5.41, 5.74) is 0.883. The Morgan fingerprint density at radius 1 is 1.47 bits per heavy atom. The minimum atomic E-state index is -0.472. The van der Waals surface area contributed by atoms with Gasteiger partial charge in [-0.05, 0) is 12.1 Å². The Balaban J connectivity index is 2.08. The van der Waals surface area contributed by atoms with Crippen LogP contribution in [-0.4, -0.2) is 39.9 Å². The fraction of sp³-hybridized carbons (Fsp3) is 0.333. The highest BCUT2D eigenvalue weighted by atomic mass is 32.2. The third-order valence-electron chi connectivity index (χ3n) is 2.63. The second-order valence-electron chi connectivity index (χ2n) is 3.87. The second kappa shape index (κ2) is 5.83. The van der Waals surface area contributed by atoms with E-state index < -0.39 is 5.97 Å². The number of methoxy groups -OCH3 is 1. The second-order valence-corrected chi connectivity index (χ2v) is 4.92. The van der Waals surface area contributed by atoms with Gasteiger partial charge in [0.25, 0.3) is 5.24 Å². The van der Waals surface area contributed by atoms with Gasteiger partial charge in [0.05, 0.1) is 24.9 Å². The number of amides is 2. The predicted molar refractivity (Wildman–Crippen MR) is 68.6 cm³/mol. The SMILES string of the molecule is COC(=O)c1ccc(CN2C(=O)CCSC2=O)nc1. The maximum Gasteiger partial charge on any atom is 0.339 e. The van der Waals surface area contributed by atoms with Crippen molar-refractivity contribution in [2.24, 2.45) is 0 Å². The number of hydrogen-bond acceptors (Lipinski definition) is 6. The van der Waals surface area contributed by atoms with E-state index in [0.29, 0.717) is 23.4 Å². The maximum absolute atomic E-state index is 11.6. The van der Waals surface area contributed by atoms with Crippen molar-refractivity contribution in [3.8, 4) is 0 Å². The molecule has 1 fully saturated rings. The molecule has 0 aromatic carbocycles. The number of ether oxygens (including phenoxy) is 1. The minimum Gasteiger partial charge on any atom is -0.465 e. The van der Waals surface area contributed by atoms with E-state index in [1.807, 2.05) is 0 Å². The molecule has 19 heavy (non-hydrogen) atoms. The zero-order chi connectivity index (χ0) is 13.8. The molecule has 0 N–H and O–H groups in total. The fourth-order valence-corrected chi connectivity index (χ4v) is 2.39. The highest BCUT2D eigenvalue weighted by Crippen LogP contribution is 2.20. The van der Waals surface area contributed by atoms with Gasteiger partial charge in [-0.25, -0.2) is 4.79 Å². The molecule has 2 heterocycles. The summed E-state index contributed by atoms with van der Waals surface area (Å²) in [6, 6.07) is 3.16. The number of pyridine rings is 1. The summed E-state index contributed by atoms with van der Waals surface area (Å²) in [7, 11) is 1.29. The zero-order valence-corrected chi connectivity index (χ0v) is 11.1. The molecule has 1 aromatic heterocycles. The van der Waals surface area contributed by atoms with Gasteiger partial charge in [0.1, 0.15) is 0 Å². The molecule has 1 aromatic rings. The molecule has 1 saturated heterocycles. The van der Waals surface area contributed by atoms with Crippen molar-refractivity contribution in [3.63, 3.8) is 0 Å². The molecule has 0 radical (unpaired) electrons. The van der Waals surface area contributed by atoms with E-state index in [0.717, 1.165) is 11.8 Å². The normalized spacial score (nSPS) is 15.5. The molecular formula is C12H12N2O4S. The van der Waals surface area contributed by atoms with E-state index in [-0.39, 0.29) is 17.7 Å². The number of imide groups is 1. The quantitative estimate of drug-likeness (QED) is 0.780. The third kappa shape index (κ3) is 3.11. The van der Waals surface area contributed by atoms with Crippen LogP contribution in [0.15, 0.2) is 18.3 Å². The van der Waals surface area contributed by atoms with E-state index in [2.05, 4.69) is 9.72 Å². The average molecular weight is 280 g/mol. The number of thioether (sulfide) groups is 1. The van der Waals surface area contributed by atoms with Crippen molar-refractivity contribution in [3.05, 3.63) is 29.6 Å². The molecule has 6 nitrogen and oxygen atoms in total. The molecule has 2 rings (SSSR count). The molecule has 1 aliphatic heterocycles. The van der Waals surface area contributed by atoms with Crippen molar-refractivity contribution < 1.29 is 19.1 Å². The lowest BCUT2D eigenvalue weighted by molar-refractivity contribution is -0.128. The third-order valence-corrected chi connectivity index (χ3v) is 3.50.